The fourth-order valence-electron chi connectivity index (χ4n) is 1.85. The predicted molar refractivity (Wildman–Crippen MR) is 87.2 cm³/mol. The van der Waals surface area contributed by atoms with Crippen molar-refractivity contribution in [3.63, 3.8) is 0 Å². The van der Waals surface area contributed by atoms with Crippen LogP contribution < -0.4 is 5.32 Å². The molecule has 0 saturated carbocycles. The van der Waals surface area contributed by atoms with Gasteiger partial charge < -0.3 is 5.32 Å². The Morgan fingerprint density at radius 2 is 2.05 bits per heavy atom. The highest BCUT2D eigenvalue weighted by molar-refractivity contribution is 7.03. The minimum Gasteiger partial charge on any atom is -0.323 e. The van der Waals surface area contributed by atoms with Crippen molar-refractivity contribution in [3.8, 4) is 11.3 Å². The van der Waals surface area contributed by atoms with E-state index in [2.05, 4.69) is 19.9 Å². The van der Waals surface area contributed by atoms with E-state index in [-0.39, 0.29) is 5.91 Å². The minimum absolute atomic E-state index is 0.188. The third-order valence-corrected chi connectivity index (χ3v) is 3.42. The lowest BCUT2D eigenvalue weighted by molar-refractivity contribution is -0.111. The lowest BCUT2D eigenvalue weighted by atomic mass is 10.1. The molecule has 22 heavy (non-hydrogen) atoms. The monoisotopic (exact) mass is 308 g/mol. The molecule has 2 heterocycles. The summed E-state index contributed by atoms with van der Waals surface area (Å²) in [5.41, 5.74) is 3.41. The van der Waals surface area contributed by atoms with E-state index in [0.717, 1.165) is 22.5 Å². The van der Waals surface area contributed by atoms with Gasteiger partial charge in [-0.1, -0.05) is 22.7 Å². The van der Waals surface area contributed by atoms with E-state index in [1.807, 2.05) is 41.8 Å². The molecule has 0 spiro atoms. The molecule has 2 aromatic heterocycles. The van der Waals surface area contributed by atoms with Crippen LogP contribution in [-0.4, -0.2) is 20.5 Å². The molecule has 0 atom stereocenters. The molecular formula is C16H12N4OS. The van der Waals surface area contributed by atoms with Gasteiger partial charge in [-0.2, -0.15) is 0 Å². The maximum absolute atomic E-state index is 11.9. The van der Waals surface area contributed by atoms with E-state index in [4.69, 9.17) is 0 Å². The second kappa shape index (κ2) is 6.73. The third kappa shape index (κ3) is 3.62. The number of amides is 1. The Bertz CT molecular complexity index is 768. The van der Waals surface area contributed by atoms with E-state index in [9.17, 15) is 4.79 Å². The van der Waals surface area contributed by atoms with Crippen molar-refractivity contribution in [2.45, 2.75) is 0 Å². The molecule has 0 bridgehead atoms. The fourth-order valence-corrected chi connectivity index (χ4v) is 2.31. The van der Waals surface area contributed by atoms with Gasteiger partial charge in [-0.05, 0) is 41.4 Å². The number of nitrogens with one attached hydrogen (secondary N) is 1. The zero-order chi connectivity index (χ0) is 15.2. The standard InChI is InChI=1S/C16H12N4OS/c21-16(8-3-12-2-1-9-17-10-12)18-14-6-4-13(5-7-14)15-11-22-20-19-15/h1-11H,(H,18,21)/b8-3-. The number of benzene rings is 1. The van der Waals surface area contributed by atoms with Gasteiger partial charge in [-0.25, -0.2) is 0 Å². The van der Waals surface area contributed by atoms with Crippen LogP contribution in [0.5, 0.6) is 0 Å². The van der Waals surface area contributed by atoms with Crippen LogP contribution in [0.15, 0.2) is 60.2 Å². The maximum atomic E-state index is 11.9. The highest BCUT2D eigenvalue weighted by Gasteiger charge is 2.02. The predicted octanol–water partition coefficient (Wildman–Crippen LogP) is 3.25. The Morgan fingerprint density at radius 3 is 2.73 bits per heavy atom. The molecular weight excluding hydrogens is 296 g/mol. The number of carbonyl (C=O) groups excluding carboxylic acids is 1. The Labute approximate surface area is 131 Å². The molecule has 1 N–H and O–H groups in total. The van der Waals surface area contributed by atoms with Crippen LogP contribution in [-0.2, 0) is 4.79 Å². The number of anilines is 1. The van der Waals surface area contributed by atoms with Crippen molar-refractivity contribution in [1.29, 1.82) is 0 Å². The van der Waals surface area contributed by atoms with E-state index >= 15 is 0 Å². The molecule has 0 radical (unpaired) electrons. The van der Waals surface area contributed by atoms with E-state index in [0.29, 0.717) is 0 Å². The molecule has 0 aliphatic carbocycles. The SMILES string of the molecule is O=C(/C=C\c1cccnc1)Nc1ccc(-c2csnn2)cc1. The second-order valence-electron chi connectivity index (χ2n) is 4.48. The molecule has 108 valence electrons. The lowest BCUT2D eigenvalue weighted by Gasteiger charge is -2.03. The topological polar surface area (TPSA) is 67.8 Å². The van der Waals surface area contributed by atoms with Crippen LogP contribution in [0.3, 0.4) is 0 Å². The Hall–Kier alpha value is -2.86. The molecule has 0 unspecified atom stereocenters. The van der Waals surface area contributed by atoms with Gasteiger partial charge in [0.1, 0.15) is 5.69 Å². The minimum atomic E-state index is -0.188. The smallest absolute Gasteiger partial charge is 0.248 e. The normalized spacial score (nSPS) is 10.7. The van der Waals surface area contributed by atoms with Crippen LogP contribution in [0.25, 0.3) is 17.3 Å². The molecule has 6 heteroatoms. The number of carbonyl (C=O) groups is 1. The molecule has 5 nitrogen and oxygen atoms in total. The zero-order valence-electron chi connectivity index (χ0n) is 11.5. The Balaban J connectivity index is 1.63. The molecule has 1 amide bonds. The van der Waals surface area contributed by atoms with Crippen LogP contribution in [0.1, 0.15) is 5.56 Å². The number of hydrogen-bond donors (Lipinski definition) is 1. The number of nitrogens with zero attached hydrogens (tertiary/aromatic N) is 3. The zero-order valence-corrected chi connectivity index (χ0v) is 12.3. The highest BCUT2D eigenvalue weighted by Crippen LogP contribution is 2.20. The molecule has 0 aliphatic heterocycles. The first-order valence-electron chi connectivity index (χ1n) is 6.58. The number of rotatable bonds is 4. The lowest BCUT2D eigenvalue weighted by Crippen LogP contribution is -2.07. The van der Waals surface area contributed by atoms with Crippen LogP contribution in [0.4, 0.5) is 5.69 Å². The van der Waals surface area contributed by atoms with Crippen LogP contribution in [0.2, 0.25) is 0 Å². The van der Waals surface area contributed by atoms with Crippen molar-refractivity contribution >= 4 is 29.2 Å². The average molecular weight is 308 g/mol. The van der Waals surface area contributed by atoms with E-state index in [1.54, 1.807) is 18.5 Å². The Morgan fingerprint density at radius 1 is 1.18 bits per heavy atom. The van der Waals surface area contributed by atoms with Gasteiger partial charge in [0.25, 0.3) is 0 Å². The van der Waals surface area contributed by atoms with Gasteiger partial charge in [0.05, 0.1) is 0 Å². The number of hydrogen-bond acceptors (Lipinski definition) is 5. The summed E-state index contributed by atoms with van der Waals surface area (Å²) in [6, 6.07) is 11.2. The van der Waals surface area contributed by atoms with Gasteiger partial charge in [0.15, 0.2) is 0 Å². The third-order valence-electron chi connectivity index (χ3n) is 2.92. The first kappa shape index (κ1) is 14.1. The second-order valence-corrected chi connectivity index (χ2v) is 5.09. The molecule has 0 saturated heterocycles. The molecule has 0 fully saturated rings. The van der Waals surface area contributed by atoms with Gasteiger partial charge in [-0.3, -0.25) is 9.78 Å². The summed E-state index contributed by atoms with van der Waals surface area (Å²) >= 11 is 1.31. The van der Waals surface area contributed by atoms with Gasteiger partial charge in [0, 0.05) is 35.1 Å². The summed E-state index contributed by atoms with van der Waals surface area (Å²) in [5.74, 6) is -0.188. The first-order chi connectivity index (χ1) is 10.8. The molecule has 1 aromatic carbocycles. The fraction of sp³-hybridized carbons (Fsp3) is 0. The van der Waals surface area contributed by atoms with Gasteiger partial charge in [-0.15, -0.1) is 5.10 Å². The van der Waals surface area contributed by atoms with Crippen molar-refractivity contribution in [2.24, 2.45) is 0 Å². The average Bonchev–Trinajstić information content (AvgIpc) is 3.09. The van der Waals surface area contributed by atoms with Crippen molar-refractivity contribution in [3.05, 3.63) is 65.8 Å². The Kier molecular flexibility index (Phi) is 4.31. The van der Waals surface area contributed by atoms with E-state index in [1.165, 1.54) is 17.6 Å². The summed E-state index contributed by atoms with van der Waals surface area (Å²) in [6.07, 6.45) is 6.59. The summed E-state index contributed by atoms with van der Waals surface area (Å²) in [4.78, 5) is 15.8. The van der Waals surface area contributed by atoms with Crippen LogP contribution >= 0.6 is 11.5 Å². The van der Waals surface area contributed by atoms with E-state index < -0.39 is 0 Å². The number of aromatic nitrogens is 3. The summed E-state index contributed by atoms with van der Waals surface area (Å²) in [7, 11) is 0. The molecule has 0 aliphatic rings. The van der Waals surface area contributed by atoms with Crippen molar-refractivity contribution in [2.75, 3.05) is 5.32 Å². The summed E-state index contributed by atoms with van der Waals surface area (Å²) in [5, 5.41) is 8.69. The molecule has 3 rings (SSSR count). The highest BCUT2D eigenvalue weighted by atomic mass is 32.1. The van der Waals surface area contributed by atoms with Crippen molar-refractivity contribution < 1.29 is 4.79 Å². The van der Waals surface area contributed by atoms with Gasteiger partial charge >= 0.3 is 0 Å². The first-order valence-corrected chi connectivity index (χ1v) is 7.41. The summed E-state index contributed by atoms with van der Waals surface area (Å²) in [6.45, 7) is 0. The quantitative estimate of drug-likeness (QED) is 0.751. The molecule has 3 aromatic rings. The van der Waals surface area contributed by atoms with Crippen LogP contribution in [0, 0.1) is 0 Å². The van der Waals surface area contributed by atoms with Crippen molar-refractivity contribution in [1.82, 2.24) is 14.6 Å². The summed E-state index contributed by atoms with van der Waals surface area (Å²) < 4.78 is 3.83. The number of pyridine rings is 1. The van der Waals surface area contributed by atoms with Gasteiger partial charge in [0.2, 0.25) is 5.91 Å². The largest absolute Gasteiger partial charge is 0.323 e. The maximum Gasteiger partial charge on any atom is 0.248 e.